The predicted molar refractivity (Wildman–Crippen MR) is 93.4 cm³/mol. The quantitative estimate of drug-likeness (QED) is 0.805. The van der Waals surface area contributed by atoms with Gasteiger partial charge in [-0.3, -0.25) is 14.7 Å². The Labute approximate surface area is 143 Å². The first-order valence-corrected chi connectivity index (χ1v) is 8.54. The molecule has 2 aliphatic rings. The Bertz CT molecular complexity index is 584. The molecular weight excluding hydrogens is 304 g/mol. The molecule has 3 rings (SSSR count). The Morgan fingerprint density at radius 2 is 2.12 bits per heavy atom. The Hall–Kier alpha value is -1.76. The van der Waals surface area contributed by atoms with Gasteiger partial charge in [-0.25, -0.2) is 0 Å². The number of β-amino-alcohol motifs (C(OH)–C–C–N with tert-alkyl or cyclic N) is 1. The molecule has 1 N–H and O–H groups in total. The van der Waals surface area contributed by atoms with Crippen molar-refractivity contribution in [3.63, 3.8) is 0 Å². The summed E-state index contributed by atoms with van der Waals surface area (Å²) in [5.74, 6) is -0.0480. The lowest BCUT2D eigenvalue weighted by Crippen LogP contribution is -2.52. The Morgan fingerprint density at radius 3 is 2.83 bits per heavy atom. The minimum atomic E-state index is -0.784. The van der Waals surface area contributed by atoms with Gasteiger partial charge in [0.2, 0.25) is 5.91 Å². The normalized spacial score (nSPS) is 26.3. The molecule has 0 bridgehead atoms. The van der Waals surface area contributed by atoms with Crippen molar-refractivity contribution in [2.75, 3.05) is 52.9 Å². The molecule has 1 aromatic heterocycles. The van der Waals surface area contributed by atoms with E-state index in [2.05, 4.69) is 21.8 Å². The molecule has 6 nitrogen and oxygen atoms in total. The van der Waals surface area contributed by atoms with Gasteiger partial charge >= 0.3 is 0 Å². The summed E-state index contributed by atoms with van der Waals surface area (Å²) in [6, 6.07) is 3.75. The van der Waals surface area contributed by atoms with E-state index < -0.39 is 5.60 Å². The first kappa shape index (κ1) is 17.1. The fraction of sp³-hybridized carbons (Fsp3) is 0.556. The molecule has 24 heavy (non-hydrogen) atoms. The number of rotatable bonds is 4. The molecule has 6 heteroatoms. The topological polar surface area (TPSA) is 59.9 Å². The maximum absolute atomic E-state index is 12.3. The molecule has 0 radical (unpaired) electrons. The lowest BCUT2D eigenvalue weighted by atomic mass is 10.0. The van der Waals surface area contributed by atoms with Gasteiger partial charge in [-0.2, -0.15) is 0 Å². The van der Waals surface area contributed by atoms with E-state index in [4.69, 9.17) is 0 Å². The molecule has 1 amide bonds. The number of likely N-dealkylation sites (N-methyl/N-ethyl adjacent to an activating group) is 1. The fourth-order valence-corrected chi connectivity index (χ4v) is 3.34. The Kier molecular flexibility index (Phi) is 5.28. The number of carbonyl (C=O) groups excluding carboxylic acids is 1. The molecule has 3 heterocycles. The molecule has 130 valence electrons. The molecule has 2 saturated heterocycles. The summed E-state index contributed by atoms with van der Waals surface area (Å²) in [5, 5.41) is 10.8. The second-order valence-electron chi connectivity index (χ2n) is 6.93. The number of carbonyl (C=O) groups is 1. The average molecular weight is 330 g/mol. The van der Waals surface area contributed by atoms with Crippen molar-refractivity contribution in [2.24, 2.45) is 0 Å². The molecule has 0 aliphatic carbocycles. The van der Waals surface area contributed by atoms with E-state index in [1.807, 2.05) is 12.1 Å². The van der Waals surface area contributed by atoms with Gasteiger partial charge in [0.25, 0.3) is 0 Å². The third kappa shape index (κ3) is 4.41. The van der Waals surface area contributed by atoms with E-state index in [1.54, 1.807) is 29.4 Å². The smallest absolute Gasteiger partial charge is 0.246 e. The zero-order valence-electron chi connectivity index (χ0n) is 14.3. The molecular formula is C18H26N4O2. The summed E-state index contributed by atoms with van der Waals surface area (Å²) in [6.07, 6.45) is 7.41. The largest absolute Gasteiger partial charge is 0.387 e. The van der Waals surface area contributed by atoms with Crippen LogP contribution in [0, 0.1) is 0 Å². The van der Waals surface area contributed by atoms with Crippen molar-refractivity contribution in [1.29, 1.82) is 0 Å². The summed E-state index contributed by atoms with van der Waals surface area (Å²) >= 11 is 0. The summed E-state index contributed by atoms with van der Waals surface area (Å²) in [7, 11) is 2.12. The monoisotopic (exact) mass is 330 g/mol. The van der Waals surface area contributed by atoms with E-state index in [1.165, 1.54) is 0 Å². The summed E-state index contributed by atoms with van der Waals surface area (Å²) < 4.78 is 0. The number of nitrogens with zero attached hydrogens (tertiary/aromatic N) is 4. The van der Waals surface area contributed by atoms with Crippen LogP contribution >= 0.6 is 0 Å². The number of aromatic nitrogens is 1. The third-order valence-electron chi connectivity index (χ3n) is 4.86. The van der Waals surface area contributed by atoms with E-state index in [-0.39, 0.29) is 5.91 Å². The lowest BCUT2D eigenvalue weighted by Gasteiger charge is -2.36. The molecule has 0 spiro atoms. The highest BCUT2D eigenvalue weighted by Crippen LogP contribution is 2.23. The first-order valence-electron chi connectivity index (χ1n) is 8.54. The number of piperazine rings is 1. The predicted octanol–water partition coefficient (Wildman–Crippen LogP) is 0.306. The number of amides is 1. The number of pyridine rings is 1. The maximum Gasteiger partial charge on any atom is 0.246 e. The summed E-state index contributed by atoms with van der Waals surface area (Å²) in [6.45, 7) is 5.70. The van der Waals surface area contributed by atoms with E-state index in [0.717, 1.165) is 31.7 Å². The van der Waals surface area contributed by atoms with Crippen LogP contribution in [-0.2, 0) is 4.79 Å². The van der Waals surface area contributed by atoms with Crippen molar-refractivity contribution in [2.45, 2.75) is 12.0 Å². The number of likely N-dealkylation sites (tertiary alicyclic amines) is 1. The molecule has 0 aromatic carbocycles. The number of hydrogen-bond donors (Lipinski definition) is 1. The molecule has 1 aromatic rings. The van der Waals surface area contributed by atoms with Gasteiger partial charge in [0.15, 0.2) is 0 Å². The van der Waals surface area contributed by atoms with Crippen molar-refractivity contribution in [3.05, 3.63) is 36.2 Å². The fourth-order valence-electron chi connectivity index (χ4n) is 3.34. The molecule has 2 aliphatic heterocycles. The minimum absolute atomic E-state index is 0.0480. The highest BCUT2D eigenvalue weighted by molar-refractivity contribution is 5.92. The molecule has 2 fully saturated rings. The van der Waals surface area contributed by atoms with Crippen LogP contribution in [0.5, 0.6) is 0 Å². The minimum Gasteiger partial charge on any atom is -0.387 e. The van der Waals surface area contributed by atoms with Gasteiger partial charge in [-0.15, -0.1) is 0 Å². The standard InChI is InChI=1S/C18H26N4O2/c1-20-9-11-21(12-10-20)14-18(24)6-8-22(15-18)17(23)5-4-16-3-2-7-19-13-16/h2-5,7,13,24H,6,8-12,14-15H2,1H3/b5-4+/t18-/m1/s1. The molecule has 0 saturated carbocycles. The maximum atomic E-state index is 12.3. The third-order valence-corrected chi connectivity index (χ3v) is 4.86. The van der Waals surface area contributed by atoms with Crippen LogP contribution in [0.15, 0.2) is 30.6 Å². The lowest BCUT2D eigenvalue weighted by molar-refractivity contribution is -0.126. The number of hydrogen-bond acceptors (Lipinski definition) is 5. The summed E-state index contributed by atoms with van der Waals surface area (Å²) in [5.41, 5.74) is 0.117. The second-order valence-corrected chi connectivity index (χ2v) is 6.93. The van der Waals surface area contributed by atoms with Gasteiger partial charge in [0.05, 0.1) is 12.1 Å². The average Bonchev–Trinajstić information content (AvgIpc) is 2.98. The molecule has 0 unspecified atom stereocenters. The Balaban J connectivity index is 1.52. The van der Waals surface area contributed by atoms with E-state index in [0.29, 0.717) is 26.1 Å². The van der Waals surface area contributed by atoms with Crippen molar-refractivity contribution >= 4 is 12.0 Å². The highest BCUT2D eigenvalue weighted by atomic mass is 16.3. The summed E-state index contributed by atoms with van der Waals surface area (Å²) in [4.78, 5) is 22.7. The first-order chi connectivity index (χ1) is 11.5. The van der Waals surface area contributed by atoms with Crippen LogP contribution in [0.25, 0.3) is 6.08 Å². The van der Waals surface area contributed by atoms with Gasteiger partial charge in [0.1, 0.15) is 0 Å². The van der Waals surface area contributed by atoms with Gasteiger partial charge in [-0.1, -0.05) is 6.07 Å². The zero-order chi connectivity index (χ0) is 17.0. The van der Waals surface area contributed by atoms with Crippen LogP contribution in [0.3, 0.4) is 0 Å². The van der Waals surface area contributed by atoms with Crippen LogP contribution < -0.4 is 0 Å². The van der Waals surface area contributed by atoms with Crippen molar-refractivity contribution in [1.82, 2.24) is 19.7 Å². The highest BCUT2D eigenvalue weighted by Gasteiger charge is 2.39. The SMILES string of the molecule is CN1CCN(C[C@]2(O)CCN(C(=O)/C=C/c3cccnc3)C2)CC1. The Morgan fingerprint density at radius 1 is 1.33 bits per heavy atom. The van der Waals surface area contributed by atoms with E-state index in [9.17, 15) is 9.90 Å². The van der Waals surface area contributed by atoms with Gasteiger partial charge in [0, 0.05) is 57.7 Å². The van der Waals surface area contributed by atoms with Gasteiger partial charge < -0.3 is 14.9 Å². The van der Waals surface area contributed by atoms with Crippen LogP contribution in [-0.4, -0.2) is 89.2 Å². The van der Waals surface area contributed by atoms with E-state index >= 15 is 0 Å². The zero-order valence-corrected chi connectivity index (χ0v) is 14.3. The molecule has 1 atom stereocenters. The van der Waals surface area contributed by atoms with Gasteiger partial charge in [-0.05, 0) is 31.2 Å². The van der Waals surface area contributed by atoms with Crippen molar-refractivity contribution in [3.8, 4) is 0 Å². The van der Waals surface area contributed by atoms with Crippen LogP contribution in [0.1, 0.15) is 12.0 Å². The second kappa shape index (κ2) is 7.42. The number of aliphatic hydroxyl groups is 1. The van der Waals surface area contributed by atoms with Crippen LogP contribution in [0.2, 0.25) is 0 Å². The van der Waals surface area contributed by atoms with Crippen LogP contribution in [0.4, 0.5) is 0 Å². The van der Waals surface area contributed by atoms with Crippen molar-refractivity contribution < 1.29 is 9.90 Å².